The van der Waals surface area contributed by atoms with Gasteiger partial charge in [-0.05, 0) is 19.1 Å². The first-order chi connectivity index (χ1) is 9.65. The highest BCUT2D eigenvalue weighted by Gasteiger charge is 2.27. The summed E-state index contributed by atoms with van der Waals surface area (Å²) in [5, 5.41) is 5.48. The normalized spacial score (nSPS) is 13.6. The number of rotatable bonds is 2. The van der Waals surface area contributed by atoms with Gasteiger partial charge in [-0.15, -0.1) is 0 Å². The van der Waals surface area contributed by atoms with Crippen LogP contribution in [0, 0.1) is 6.92 Å². The Kier molecular flexibility index (Phi) is 3.02. The number of hydrogen-bond acceptors (Lipinski definition) is 3. The smallest absolute Gasteiger partial charge is 0.259 e. The van der Waals surface area contributed by atoms with E-state index in [4.69, 9.17) is 4.42 Å². The third-order valence-electron chi connectivity index (χ3n) is 3.29. The van der Waals surface area contributed by atoms with Crippen LogP contribution >= 0.6 is 0 Å². The maximum atomic E-state index is 12.2. The Balaban J connectivity index is 1.86. The number of amides is 2. The van der Waals surface area contributed by atoms with Gasteiger partial charge in [0.05, 0.1) is 11.1 Å². The molecule has 102 valence electrons. The van der Waals surface area contributed by atoms with E-state index < -0.39 is 0 Å². The van der Waals surface area contributed by atoms with Crippen molar-refractivity contribution < 1.29 is 14.0 Å². The number of carbonyl (C=O) groups excluding carboxylic acids is 2. The molecule has 2 heterocycles. The fourth-order valence-corrected chi connectivity index (χ4v) is 2.21. The molecule has 1 aliphatic heterocycles. The van der Waals surface area contributed by atoms with Crippen LogP contribution in [0.5, 0.6) is 0 Å². The van der Waals surface area contributed by atoms with E-state index in [2.05, 4.69) is 10.6 Å². The van der Waals surface area contributed by atoms with E-state index in [1.807, 2.05) is 31.2 Å². The maximum absolute atomic E-state index is 12.2. The molecule has 0 unspecified atom stereocenters. The minimum Gasteiger partial charge on any atom is -0.468 e. The third-order valence-corrected chi connectivity index (χ3v) is 3.29. The van der Waals surface area contributed by atoms with Crippen LogP contribution in [0.1, 0.15) is 32.0 Å². The van der Waals surface area contributed by atoms with E-state index in [0.717, 1.165) is 5.56 Å². The molecule has 5 heteroatoms. The van der Waals surface area contributed by atoms with Crippen molar-refractivity contribution in [3.8, 4) is 0 Å². The van der Waals surface area contributed by atoms with Crippen molar-refractivity contribution >= 4 is 17.5 Å². The van der Waals surface area contributed by atoms with Crippen LogP contribution in [0.3, 0.4) is 0 Å². The Morgan fingerprint density at radius 1 is 1.30 bits per heavy atom. The second kappa shape index (κ2) is 4.85. The van der Waals surface area contributed by atoms with Crippen molar-refractivity contribution in [2.45, 2.75) is 13.3 Å². The first kappa shape index (κ1) is 12.5. The fraction of sp³-hybridized carbons (Fsp3) is 0.200. The Morgan fingerprint density at radius 3 is 2.80 bits per heavy atom. The second-order valence-electron chi connectivity index (χ2n) is 4.77. The second-order valence-corrected chi connectivity index (χ2v) is 4.77. The van der Waals surface area contributed by atoms with Crippen LogP contribution in [0.25, 0.3) is 0 Å². The summed E-state index contributed by atoms with van der Waals surface area (Å²) in [5.41, 5.74) is 2.42. The molecule has 0 aliphatic carbocycles. The lowest BCUT2D eigenvalue weighted by Crippen LogP contribution is -2.32. The fourth-order valence-electron chi connectivity index (χ4n) is 2.21. The number of benzene rings is 1. The van der Waals surface area contributed by atoms with E-state index in [1.165, 1.54) is 6.26 Å². The van der Waals surface area contributed by atoms with Crippen molar-refractivity contribution in [3.63, 3.8) is 0 Å². The summed E-state index contributed by atoms with van der Waals surface area (Å²) in [6, 6.07) is 7.46. The van der Waals surface area contributed by atoms with Gasteiger partial charge in [0.15, 0.2) is 0 Å². The van der Waals surface area contributed by atoms with E-state index in [-0.39, 0.29) is 17.4 Å². The Labute approximate surface area is 116 Å². The molecule has 0 spiro atoms. The molecule has 1 aromatic carbocycles. The minimum absolute atomic E-state index is 0.256. The highest BCUT2D eigenvalue weighted by atomic mass is 16.3. The van der Waals surface area contributed by atoms with Gasteiger partial charge in [-0.3, -0.25) is 9.59 Å². The first-order valence-corrected chi connectivity index (χ1v) is 6.42. The minimum atomic E-state index is -0.337. The summed E-state index contributed by atoms with van der Waals surface area (Å²) in [6.07, 6.45) is 1.96. The average molecular weight is 270 g/mol. The third kappa shape index (κ3) is 2.18. The molecule has 20 heavy (non-hydrogen) atoms. The predicted molar refractivity (Wildman–Crippen MR) is 73.9 cm³/mol. The largest absolute Gasteiger partial charge is 0.468 e. The molecule has 0 saturated carbocycles. The lowest BCUT2D eigenvalue weighted by molar-refractivity contribution is 0.0932. The van der Waals surface area contributed by atoms with Crippen LogP contribution in [-0.2, 0) is 6.42 Å². The summed E-state index contributed by atoms with van der Waals surface area (Å²) in [5.74, 6) is -0.0206. The van der Waals surface area contributed by atoms with Crippen molar-refractivity contribution in [2.75, 3.05) is 11.9 Å². The lowest BCUT2D eigenvalue weighted by atomic mass is 10.0. The maximum Gasteiger partial charge on any atom is 0.259 e. The SMILES string of the molecule is Cc1ccc(NC(=O)c2coc3c2C(=O)NCC3)cc1. The van der Waals surface area contributed by atoms with Gasteiger partial charge in [-0.25, -0.2) is 0 Å². The zero-order valence-electron chi connectivity index (χ0n) is 11.0. The van der Waals surface area contributed by atoms with E-state index >= 15 is 0 Å². The number of anilines is 1. The van der Waals surface area contributed by atoms with Crippen LogP contribution in [-0.4, -0.2) is 18.4 Å². The van der Waals surface area contributed by atoms with Crippen molar-refractivity contribution in [2.24, 2.45) is 0 Å². The van der Waals surface area contributed by atoms with Crippen molar-refractivity contribution in [3.05, 3.63) is 53.0 Å². The van der Waals surface area contributed by atoms with Gasteiger partial charge < -0.3 is 15.1 Å². The summed E-state index contributed by atoms with van der Waals surface area (Å²) >= 11 is 0. The Morgan fingerprint density at radius 2 is 2.05 bits per heavy atom. The molecule has 0 fully saturated rings. The highest BCUT2D eigenvalue weighted by Crippen LogP contribution is 2.22. The van der Waals surface area contributed by atoms with Gasteiger partial charge in [0.25, 0.3) is 11.8 Å². The molecule has 0 atom stereocenters. The van der Waals surface area contributed by atoms with Gasteiger partial charge in [0.2, 0.25) is 0 Å². The van der Waals surface area contributed by atoms with Gasteiger partial charge in [0.1, 0.15) is 12.0 Å². The monoisotopic (exact) mass is 270 g/mol. The number of fused-ring (bicyclic) bond motifs is 1. The van der Waals surface area contributed by atoms with E-state index in [0.29, 0.717) is 30.0 Å². The van der Waals surface area contributed by atoms with Crippen LogP contribution in [0.15, 0.2) is 34.9 Å². The number of hydrogen-bond donors (Lipinski definition) is 2. The number of furan rings is 1. The summed E-state index contributed by atoms with van der Waals surface area (Å²) in [6.45, 7) is 2.51. The molecule has 3 rings (SSSR count). The van der Waals surface area contributed by atoms with E-state index in [1.54, 1.807) is 0 Å². The lowest BCUT2D eigenvalue weighted by Gasteiger charge is -2.12. The summed E-state index contributed by atoms with van der Waals surface area (Å²) < 4.78 is 5.31. The zero-order chi connectivity index (χ0) is 14.1. The Hall–Kier alpha value is -2.56. The number of aryl methyl sites for hydroxylation is 1. The average Bonchev–Trinajstić information content (AvgIpc) is 2.87. The molecular formula is C15H14N2O3. The van der Waals surface area contributed by atoms with E-state index in [9.17, 15) is 9.59 Å². The molecular weight excluding hydrogens is 256 g/mol. The molecule has 2 aromatic rings. The highest BCUT2D eigenvalue weighted by molar-refractivity contribution is 6.12. The molecule has 1 aromatic heterocycles. The molecule has 0 saturated heterocycles. The van der Waals surface area contributed by atoms with Crippen LogP contribution < -0.4 is 10.6 Å². The van der Waals surface area contributed by atoms with Crippen molar-refractivity contribution in [1.82, 2.24) is 5.32 Å². The molecule has 0 radical (unpaired) electrons. The molecule has 0 bridgehead atoms. The predicted octanol–water partition coefficient (Wildman–Crippen LogP) is 2.13. The van der Waals surface area contributed by atoms with Crippen molar-refractivity contribution in [1.29, 1.82) is 0 Å². The summed E-state index contributed by atoms with van der Waals surface area (Å²) in [7, 11) is 0. The Bertz CT molecular complexity index is 671. The standard InChI is InChI=1S/C15H14N2O3/c1-9-2-4-10(5-3-9)17-14(18)11-8-20-12-6-7-16-15(19)13(11)12/h2-5,8H,6-7H2,1H3,(H,16,19)(H,17,18). The van der Waals surface area contributed by atoms with Gasteiger partial charge >= 0.3 is 0 Å². The topological polar surface area (TPSA) is 71.3 Å². The number of nitrogens with one attached hydrogen (secondary N) is 2. The number of carbonyl (C=O) groups is 2. The van der Waals surface area contributed by atoms with Gasteiger partial charge in [-0.1, -0.05) is 17.7 Å². The van der Waals surface area contributed by atoms with Gasteiger partial charge in [-0.2, -0.15) is 0 Å². The molecule has 2 amide bonds. The molecule has 1 aliphatic rings. The quantitative estimate of drug-likeness (QED) is 0.878. The van der Waals surface area contributed by atoms with Crippen LogP contribution in [0.2, 0.25) is 0 Å². The molecule has 2 N–H and O–H groups in total. The van der Waals surface area contributed by atoms with Crippen LogP contribution in [0.4, 0.5) is 5.69 Å². The zero-order valence-corrected chi connectivity index (χ0v) is 11.0. The summed E-state index contributed by atoms with van der Waals surface area (Å²) in [4.78, 5) is 24.0. The first-order valence-electron chi connectivity index (χ1n) is 6.42. The molecule has 5 nitrogen and oxygen atoms in total. The van der Waals surface area contributed by atoms with Gasteiger partial charge in [0, 0.05) is 18.7 Å².